The molecule has 100 valence electrons. The topological polar surface area (TPSA) is 67.4 Å². The number of hydrogen-bond donors (Lipinski definition) is 2. The number of carbonyl (C=O) groups excluding carboxylic acids is 2. The molecule has 0 saturated heterocycles. The summed E-state index contributed by atoms with van der Waals surface area (Å²) in [4.78, 5) is 23.7. The van der Waals surface area contributed by atoms with E-state index in [-0.39, 0.29) is 18.2 Å². The fourth-order valence-electron chi connectivity index (χ4n) is 1.93. The van der Waals surface area contributed by atoms with Crippen molar-refractivity contribution in [3.63, 3.8) is 0 Å². The molecule has 5 nitrogen and oxygen atoms in total. The molecular formula is C14H16N2O3. The van der Waals surface area contributed by atoms with Gasteiger partial charge in [-0.3, -0.25) is 4.79 Å². The second-order valence-corrected chi connectivity index (χ2v) is 4.20. The zero-order valence-electron chi connectivity index (χ0n) is 10.9. The third-order valence-corrected chi connectivity index (χ3v) is 2.86. The van der Waals surface area contributed by atoms with Crippen molar-refractivity contribution in [3.8, 4) is 0 Å². The smallest absolute Gasteiger partial charge is 0.356 e. The van der Waals surface area contributed by atoms with Crippen LogP contribution in [0.2, 0.25) is 0 Å². The van der Waals surface area contributed by atoms with Gasteiger partial charge in [-0.15, -0.1) is 0 Å². The van der Waals surface area contributed by atoms with Crippen molar-refractivity contribution in [2.75, 3.05) is 6.61 Å². The van der Waals surface area contributed by atoms with Gasteiger partial charge in [0.25, 0.3) is 5.91 Å². The molecule has 1 aromatic carbocycles. The Labute approximate surface area is 111 Å². The lowest BCUT2D eigenvalue weighted by molar-refractivity contribution is -0.140. The minimum Gasteiger partial charge on any atom is -0.461 e. The largest absolute Gasteiger partial charge is 0.461 e. The van der Waals surface area contributed by atoms with Crippen LogP contribution in [0.1, 0.15) is 25.5 Å². The number of ether oxygens (including phenoxy) is 1. The third-order valence-electron chi connectivity index (χ3n) is 2.86. The van der Waals surface area contributed by atoms with E-state index in [1.165, 1.54) is 0 Å². The van der Waals surface area contributed by atoms with E-state index in [9.17, 15) is 9.59 Å². The van der Waals surface area contributed by atoms with Gasteiger partial charge in [0.1, 0.15) is 11.7 Å². The number of nitrogens with one attached hydrogen (secondary N) is 2. The fraction of sp³-hybridized carbons (Fsp3) is 0.286. The van der Waals surface area contributed by atoms with Crippen LogP contribution in [-0.2, 0) is 14.3 Å². The highest BCUT2D eigenvalue weighted by molar-refractivity contribution is 5.97. The average Bonchev–Trinajstić information content (AvgIpc) is 2.42. The van der Waals surface area contributed by atoms with E-state index in [4.69, 9.17) is 4.74 Å². The van der Waals surface area contributed by atoms with Gasteiger partial charge in [0.2, 0.25) is 0 Å². The Morgan fingerprint density at radius 2 is 2.00 bits per heavy atom. The molecule has 1 atom stereocenters. The molecule has 0 aromatic heterocycles. The fourth-order valence-corrected chi connectivity index (χ4v) is 1.93. The Balaban J connectivity index is 2.23. The Bertz CT molecular complexity index is 523. The molecule has 0 fully saturated rings. The van der Waals surface area contributed by atoms with Gasteiger partial charge in [0, 0.05) is 5.70 Å². The Kier molecular flexibility index (Phi) is 3.85. The van der Waals surface area contributed by atoms with Crippen LogP contribution in [0.15, 0.2) is 41.7 Å². The van der Waals surface area contributed by atoms with E-state index in [0.29, 0.717) is 5.70 Å². The zero-order chi connectivity index (χ0) is 13.8. The first-order chi connectivity index (χ1) is 9.13. The SMILES string of the molecule is CCOC(=O)C1=C(C)NC(c2ccccc2)C(=O)N1. The lowest BCUT2D eigenvalue weighted by Crippen LogP contribution is -2.45. The summed E-state index contributed by atoms with van der Waals surface area (Å²) in [5.74, 6) is -0.785. The molecule has 1 aromatic rings. The van der Waals surface area contributed by atoms with Crippen LogP contribution in [0.5, 0.6) is 0 Å². The summed E-state index contributed by atoms with van der Waals surface area (Å²) in [5, 5.41) is 5.64. The first-order valence-electron chi connectivity index (χ1n) is 6.13. The number of carbonyl (C=O) groups is 2. The van der Waals surface area contributed by atoms with E-state index in [1.807, 2.05) is 30.3 Å². The molecule has 1 aliphatic heterocycles. The van der Waals surface area contributed by atoms with Crippen LogP contribution in [0.4, 0.5) is 0 Å². The highest BCUT2D eigenvalue weighted by atomic mass is 16.5. The molecule has 2 rings (SSSR count). The van der Waals surface area contributed by atoms with Gasteiger partial charge in [0.15, 0.2) is 0 Å². The Hall–Kier alpha value is -2.30. The van der Waals surface area contributed by atoms with Crippen LogP contribution in [0.3, 0.4) is 0 Å². The maximum atomic E-state index is 12.0. The average molecular weight is 260 g/mol. The van der Waals surface area contributed by atoms with Crippen LogP contribution in [-0.4, -0.2) is 18.5 Å². The van der Waals surface area contributed by atoms with Gasteiger partial charge < -0.3 is 15.4 Å². The second kappa shape index (κ2) is 5.56. The standard InChI is InChI=1S/C14H16N2O3/c1-3-19-14(18)11-9(2)15-12(13(17)16-11)10-7-5-4-6-8-10/h4-8,12,15H,3H2,1-2H3,(H,16,17). The number of benzene rings is 1. The van der Waals surface area contributed by atoms with Crippen molar-refractivity contribution >= 4 is 11.9 Å². The minimum absolute atomic E-state index is 0.180. The van der Waals surface area contributed by atoms with Crippen LogP contribution in [0.25, 0.3) is 0 Å². The lowest BCUT2D eigenvalue weighted by Gasteiger charge is -2.27. The number of hydrogen-bond acceptors (Lipinski definition) is 4. The zero-order valence-corrected chi connectivity index (χ0v) is 10.9. The quantitative estimate of drug-likeness (QED) is 0.802. The maximum absolute atomic E-state index is 12.0. The second-order valence-electron chi connectivity index (χ2n) is 4.20. The van der Waals surface area contributed by atoms with Crippen LogP contribution < -0.4 is 10.6 Å². The van der Waals surface area contributed by atoms with E-state index in [1.54, 1.807) is 13.8 Å². The number of rotatable bonds is 3. The molecule has 1 aliphatic rings. The van der Waals surface area contributed by atoms with Crippen LogP contribution in [0, 0.1) is 0 Å². The van der Waals surface area contributed by atoms with Crippen molar-refractivity contribution < 1.29 is 14.3 Å². The number of esters is 1. The van der Waals surface area contributed by atoms with Crippen molar-refractivity contribution in [1.82, 2.24) is 10.6 Å². The third kappa shape index (κ3) is 2.76. The summed E-state index contributed by atoms with van der Waals surface area (Å²) < 4.78 is 4.89. The van der Waals surface area contributed by atoms with Gasteiger partial charge in [-0.25, -0.2) is 4.79 Å². The van der Waals surface area contributed by atoms with Gasteiger partial charge in [-0.05, 0) is 19.4 Å². The van der Waals surface area contributed by atoms with Gasteiger partial charge in [-0.2, -0.15) is 0 Å². The first kappa shape index (κ1) is 13.1. The van der Waals surface area contributed by atoms with E-state index >= 15 is 0 Å². The molecule has 1 amide bonds. The monoisotopic (exact) mass is 260 g/mol. The van der Waals surface area contributed by atoms with Crippen molar-refractivity contribution in [2.45, 2.75) is 19.9 Å². The molecule has 1 heterocycles. The Morgan fingerprint density at radius 3 is 2.63 bits per heavy atom. The van der Waals surface area contributed by atoms with Gasteiger partial charge in [0.05, 0.1) is 6.61 Å². The molecule has 1 unspecified atom stereocenters. The highest BCUT2D eigenvalue weighted by Crippen LogP contribution is 2.19. The van der Waals surface area contributed by atoms with E-state index in [0.717, 1.165) is 5.56 Å². The molecule has 0 aliphatic carbocycles. The molecule has 0 radical (unpaired) electrons. The number of allylic oxidation sites excluding steroid dienone is 1. The molecule has 0 saturated carbocycles. The highest BCUT2D eigenvalue weighted by Gasteiger charge is 2.30. The number of amides is 1. The van der Waals surface area contributed by atoms with Crippen molar-refractivity contribution in [1.29, 1.82) is 0 Å². The van der Waals surface area contributed by atoms with E-state index in [2.05, 4.69) is 10.6 Å². The minimum atomic E-state index is -0.521. The van der Waals surface area contributed by atoms with Crippen LogP contribution >= 0.6 is 0 Å². The predicted molar refractivity (Wildman–Crippen MR) is 69.8 cm³/mol. The molecule has 19 heavy (non-hydrogen) atoms. The Morgan fingerprint density at radius 1 is 1.32 bits per heavy atom. The van der Waals surface area contributed by atoms with E-state index < -0.39 is 12.0 Å². The molecular weight excluding hydrogens is 244 g/mol. The van der Waals surface area contributed by atoms with Crippen molar-refractivity contribution in [2.24, 2.45) is 0 Å². The normalized spacial score (nSPS) is 18.6. The first-order valence-corrected chi connectivity index (χ1v) is 6.13. The van der Waals surface area contributed by atoms with Gasteiger partial charge in [-0.1, -0.05) is 30.3 Å². The molecule has 0 bridgehead atoms. The predicted octanol–water partition coefficient (Wildman–Crippen LogP) is 1.24. The summed E-state index contributed by atoms with van der Waals surface area (Å²) in [6, 6.07) is 8.85. The summed E-state index contributed by atoms with van der Waals surface area (Å²) in [6.45, 7) is 3.73. The van der Waals surface area contributed by atoms with Crippen molar-refractivity contribution in [3.05, 3.63) is 47.3 Å². The maximum Gasteiger partial charge on any atom is 0.356 e. The van der Waals surface area contributed by atoms with Gasteiger partial charge >= 0.3 is 5.97 Å². The summed E-state index contributed by atoms with van der Waals surface area (Å²) >= 11 is 0. The lowest BCUT2D eigenvalue weighted by atomic mass is 10.0. The summed E-state index contributed by atoms with van der Waals surface area (Å²) in [7, 11) is 0. The summed E-state index contributed by atoms with van der Waals surface area (Å²) in [5.41, 5.74) is 1.63. The molecule has 2 N–H and O–H groups in total. The molecule has 5 heteroatoms. The summed E-state index contributed by atoms with van der Waals surface area (Å²) in [6.07, 6.45) is 0. The molecule has 0 spiro atoms.